The molecule has 0 bridgehead atoms. The molecule has 5 nitrogen and oxygen atoms in total. The van der Waals surface area contributed by atoms with Crippen LogP contribution in [0.25, 0.3) is 0 Å². The molecule has 0 aliphatic rings. The lowest BCUT2D eigenvalue weighted by molar-refractivity contribution is -0.138. The molecule has 1 unspecified atom stereocenters. The van der Waals surface area contributed by atoms with E-state index in [1.54, 1.807) is 0 Å². The van der Waals surface area contributed by atoms with Gasteiger partial charge in [0.05, 0.1) is 6.61 Å². The van der Waals surface area contributed by atoms with Gasteiger partial charge >= 0.3 is 5.97 Å². The predicted molar refractivity (Wildman–Crippen MR) is 50.6 cm³/mol. The van der Waals surface area contributed by atoms with Crippen molar-refractivity contribution < 1.29 is 19.4 Å². The number of hydrogen-bond donors (Lipinski definition) is 2. The maximum absolute atomic E-state index is 10.6. The third-order valence-corrected chi connectivity index (χ3v) is 1.65. The summed E-state index contributed by atoms with van der Waals surface area (Å²) in [5.41, 5.74) is 5.25. The van der Waals surface area contributed by atoms with Crippen molar-refractivity contribution in [2.45, 2.75) is 25.8 Å². The number of rotatable bonds is 7. The highest BCUT2D eigenvalue weighted by Crippen LogP contribution is 2.00. The van der Waals surface area contributed by atoms with Gasteiger partial charge in [0.25, 0.3) is 0 Å². The molecule has 0 rings (SSSR count). The number of carboxylic acid groups (broad SMARTS) is 1. The third kappa shape index (κ3) is 5.31. The van der Waals surface area contributed by atoms with E-state index in [-0.39, 0.29) is 18.1 Å². The van der Waals surface area contributed by atoms with Gasteiger partial charge in [-0.05, 0) is 12.8 Å². The Morgan fingerprint density at radius 1 is 1.57 bits per heavy atom. The van der Waals surface area contributed by atoms with Crippen LogP contribution < -0.4 is 5.73 Å². The summed E-state index contributed by atoms with van der Waals surface area (Å²) in [7, 11) is 0. The molecule has 1 atom stereocenters. The van der Waals surface area contributed by atoms with E-state index in [4.69, 9.17) is 15.6 Å². The highest BCUT2D eigenvalue weighted by Gasteiger charge is 2.10. The minimum Gasteiger partial charge on any atom is -0.491 e. The SMILES string of the molecule is C=C(OCCCC(N)C(=O)O)C(C)=O. The first kappa shape index (κ1) is 12.6. The molecule has 0 saturated carbocycles. The molecule has 0 aromatic rings. The molecule has 3 N–H and O–H groups in total. The molecule has 0 aromatic carbocycles. The lowest BCUT2D eigenvalue weighted by Crippen LogP contribution is -2.30. The van der Waals surface area contributed by atoms with Crippen molar-refractivity contribution in [2.24, 2.45) is 5.73 Å². The molecule has 0 saturated heterocycles. The number of Topliss-reactive ketones (excluding diaryl/α,β-unsaturated/α-hetero) is 1. The number of ketones is 1. The summed E-state index contributed by atoms with van der Waals surface area (Å²) in [6.45, 7) is 5.00. The molecule has 14 heavy (non-hydrogen) atoms. The number of allylic oxidation sites excluding steroid dienone is 1. The van der Waals surface area contributed by atoms with Crippen LogP contribution in [0.15, 0.2) is 12.3 Å². The van der Waals surface area contributed by atoms with Gasteiger partial charge in [-0.15, -0.1) is 0 Å². The van der Waals surface area contributed by atoms with E-state index < -0.39 is 12.0 Å². The number of nitrogens with two attached hydrogens (primary N) is 1. The first-order valence-electron chi connectivity index (χ1n) is 4.26. The Kier molecular flexibility index (Phi) is 5.55. The van der Waals surface area contributed by atoms with Gasteiger partial charge in [-0.3, -0.25) is 9.59 Å². The second kappa shape index (κ2) is 6.15. The van der Waals surface area contributed by atoms with Gasteiger partial charge in [-0.1, -0.05) is 6.58 Å². The van der Waals surface area contributed by atoms with Crippen LogP contribution in [0.5, 0.6) is 0 Å². The van der Waals surface area contributed by atoms with E-state index in [2.05, 4.69) is 6.58 Å². The standard InChI is InChI=1S/C9H15NO4/c1-6(11)7(2)14-5-3-4-8(10)9(12)13/h8H,2-5,10H2,1H3,(H,12,13). The van der Waals surface area contributed by atoms with Crippen molar-refractivity contribution in [2.75, 3.05) is 6.61 Å². The van der Waals surface area contributed by atoms with Crippen molar-refractivity contribution in [1.82, 2.24) is 0 Å². The summed E-state index contributed by atoms with van der Waals surface area (Å²) in [6.07, 6.45) is 0.806. The summed E-state index contributed by atoms with van der Waals surface area (Å²) < 4.78 is 4.94. The number of aliphatic carboxylic acids is 1. The average Bonchev–Trinajstić information content (AvgIpc) is 2.11. The van der Waals surface area contributed by atoms with E-state index in [0.717, 1.165) is 0 Å². The van der Waals surface area contributed by atoms with Gasteiger partial charge in [0.2, 0.25) is 0 Å². The molecule has 0 fully saturated rings. The minimum atomic E-state index is -1.03. The molecular weight excluding hydrogens is 186 g/mol. The lowest BCUT2D eigenvalue weighted by Gasteiger charge is -2.07. The van der Waals surface area contributed by atoms with E-state index in [9.17, 15) is 9.59 Å². The summed E-state index contributed by atoms with van der Waals surface area (Å²) in [5.74, 6) is -1.17. The quantitative estimate of drug-likeness (QED) is 0.351. The predicted octanol–water partition coefficient (Wildman–Crippen LogP) is 0.298. The average molecular weight is 201 g/mol. The van der Waals surface area contributed by atoms with Gasteiger partial charge < -0.3 is 15.6 Å². The number of carbonyl (C=O) groups is 2. The monoisotopic (exact) mass is 201 g/mol. The summed E-state index contributed by atoms with van der Waals surface area (Å²) >= 11 is 0. The zero-order chi connectivity index (χ0) is 11.1. The Balaban J connectivity index is 3.52. The Morgan fingerprint density at radius 2 is 2.14 bits per heavy atom. The van der Waals surface area contributed by atoms with Crippen LogP contribution in [0.3, 0.4) is 0 Å². The largest absolute Gasteiger partial charge is 0.491 e. The Morgan fingerprint density at radius 3 is 2.57 bits per heavy atom. The highest BCUT2D eigenvalue weighted by molar-refractivity contribution is 5.90. The van der Waals surface area contributed by atoms with E-state index in [1.165, 1.54) is 6.92 Å². The molecule has 0 aliphatic heterocycles. The second-order valence-electron chi connectivity index (χ2n) is 2.91. The van der Waals surface area contributed by atoms with Gasteiger partial charge in [-0.25, -0.2) is 0 Å². The second-order valence-corrected chi connectivity index (χ2v) is 2.91. The van der Waals surface area contributed by atoms with Crippen LogP contribution in [0.1, 0.15) is 19.8 Å². The fourth-order valence-electron chi connectivity index (χ4n) is 0.724. The maximum atomic E-state index is 10.6. The summed E-state index contributed by atoms with van der Waals surface area (Å²) in [6, 6.07) is -0.871. The molecule has 0 aromatic heterocycles. The molecule has 0 aliphatic carbocycles. The number of ether oxygens (including phenoxy) is 1. The molecule has 0 heterocycles. The van der Waals surface area contributed by atoms with Crippen molar-refractivity contribution in [1.29, 1.82) is 0 Å². The Hall–Kier alpha value is -1.36. The third-order valence-electron chi connectivity index (χ3n) is 1.65. The molecule has 80 valence electrons. The molecule has 0 radical (unpaired) electrons. The first-order valence-corrected chi connectivity index (χ1v) is 4.26. The van der Waals surface area contributed by atoms with Crippen LogP contribution in [0, 0.1) is 0 Å². The van der Waals surface area contributed by atoms with E-state index in [0.29, 0.717) is 12.8 Å². The van der Waals surface area contributed by atoms with Gasteiger partial charge in [0, 0.05) is 6.92 Å². The number of carbonyl (C=O) groups excluding carboxylic acids is 1. The van der Waals surface area contributed by atoms with Crippen molar-refractivity contribution >= 4 is 11.8 Å². The maximum Gasteiger partial charge on any atom is 0.320 e. The first-order chi connectivity index (χ1) is 6.45. The van der Waals surface area contributed by atoms with Gasteiger partial charge in [0.15, 0.2) is 11.5 Å². The molecular formula is C9H15NO4. The fraction of sp³-hybridized carbons (Fsp3) is 0.556. The smallest absolute Gasteiger partial charge is 0.320 e. The Labute approximate surface area is 82.5 Å². The zero-order valence-corrected chi connectivity index (χ0v) is 8.16. The zero-order valence-electron chi connectivity index (χ0n) is 8.16. The van der Waals surface area contributed by atoms with Gasteiger partial charge in [0.1, 0.15) is 6.04 Å². The van der Waals surface area contributed by atoms with E-state index in [1.807, 2.05) is 0 Å². The van der Waals surface area contributed by atoms with Crippen molar-refractivity contribution in [3.8, 4) is 0 Å². The topological polar surface area (TPSA) is 89.6 Å². The Bertz CT molecular complexity index is 237. The fourth-order valence-corrected chi connectivity index (χ4v) is 0.724. The van der Waals surface area contributed by atoms with Crippen LogP contribution in [0.2, 0.25) is 0 Å². The van der Waals surface area contributed by atoms with Crippen LogP contribution in [-0.4, -0.2) is 29.5 Å². The van der Waals surface area contributed by atoms with Crippen molar-refractivity contribution in [3.63, 3.8) is 0 Å². The molecule has 5 heteroatoms. The number of hydrogen-bond acceptors (Lipinski definition) is 4. The molecule has 0 spiro atoms. The van der Waals surface area contributed by atoms with Crippen LogP contribution in [-0.2, 0) is 14.3 Å². The lowest BCUT2D eigenvalue weighted by atomic mass is 10.2. The van der Waals surface area contributed by atoms with Crippen LogP contribution >= 0.6 is 0 Å². The number of carboxylic acids is 1. The van der Waals surface area contributed by atoms with Crippen molar-refractivity contribution in [3.05, 3.63) is 12.3 Å². The van der Waals surface area contributed by atoms with Crippen LogP contribution in [0.4, 0.5) is 0 Å². The van der Waals surface area contributed by atoms with E-state index >= 15 is 0 Å². The molecule has 0 amide bonds. The summed E-state index contributed by atoms with van der Waals surface area (Å²) in [4.78, 5) is 20.9. The normalized spacial score (nSPS) is 11.9. The summed E-state index contributed by atoms with van der Waals surface area (Å²) in [5, 5.41) is 8.44. The highest BCUT2D eigenvalue weighted by atomic mass is 16.5. The minimum absolute atomic E-state index is 0.0916. The van der Waals surface area contributed by atoms with Gasteiger partial charge in [-0.2, -0.15) is 0 Å².